The van der Waals surface area contributed by atoms with Crippen LogP contribution in [0.5, 0.6) is 5.75 Å². The standard InChI is InChI=1S/C19H22N2O3S2/c1-13-10-15(25-2)11-14-12-23-19(24-17(13)14)5-7-21(8-6-19)18(22)20-16-4-3-9-26-16/h3-4,9-11H,5-8,12H2,1-2H3,(H,20,22). The lowest BCUT2D eigenvalue weighted by molar-refractivity contribution is -0.225. The van der Waals surface area contributed by atoms with Gasteiger partial charge in [-0.3, -0.25) is 5.32 Å². The van der Waals surface area contributed by atoms with Crippen LogP contribution in [0.4, 0.5) is 9.80 Å². The van der Waals surface area contributed by atoms with E-state index in [1.54, 1.807) is 11.8 Å². The molecule has 2 aliphatic heterocycles. The summed E-state index contributed by atoms with van der Waals surface area (Å²) >= 11 is 3.25. The molecule has 0 aliphatic carbocycles. The molecule has 0 unspecified atom stereocenters. The van der Waals surface area contributed by atoms with Crippen LogP contribution in [0.2, 0.25) is 0 Å². The molecular weight excluding hydrogens is 368 g/mol. The van der Waals surface area contributed by atoms with Gasteiger partial charge in [-0.25, -0.2) is 4.79 Å². The molecule has 0 saturated carbocycles. The molecule has 26 heavy (non-hydrogen) atoms. The zero-order valence-corrected chi connectivity index (χ0v) is 16.5. The van der Waals surface area contributed by atoms with Gasteiger partial charge in [0.25, 0.3) is 0 Å². The predicted octanol–water partition coefficient (Wildman–Crippen LogP) is 4.71. The number of nitrogens with one attached hydrogen (secondary N) is 1. The van der Waals surface area contributed by atoms with Gasteiger partial charge in [0.05, 0.1) is 11.6 Å². The highest BCUT2D eigenvalue weighted by atomic mass is 32.2. The van der Waals surface area contributed by atoms with E-state index in [2.05, 4.69) is 30.6 Å². The van der Waals surface area contributed by atoms with E-state index in [-0.39, 0.29) is 6.03 Å². The number of nitrogens with zero attached hydrogens (tertiary/aromatic N) is 1. The number of thiophene rings is 1. The fourth-order valence-corrected chi connectivity index (χ4v) is 4.60. The zero-order chi connectivity index (χ0) is 18.1. The summed E-state index contributed by atoms with van der Waals surface area (Å²) in [5.41, 5.74) is 2.25. The third-order valence-electron chi connectivity index (χ3n) is 4.90. The number of thioether (sulfide) groups is 1. The number of fused-ring (bicyclic) bond motifs is 1. The molecule has 1 aromatic heterocycles. The van der Waals surface area contributed by atoms with Crippen molar-refractivity contribution in [3.8, 4) is 5.75 Å². The number of ether oxygens (including phenoxy) is 2. The molecule has 7 heteroatoms. The summed E-state index contributed by atoms with van der Waals surface area (Å²) in [4.78, 5) is 15.5. The maximum absolute atomic E-state index is 12.4. The topological polar surface area (TPSA) is 50.8 Å². The molecule has 1 spiro atoms. The lowest BCUT2D eigenvalue weighted by atomic mass is 10.0. The molecule has 0 bridgehead atoms. The van der Waals surface area contributed by atoms with Crippen molar-refractivity contribution in [2.75, 3.05) is 24.7 Å². The smallest absolute Gasteiger partial charge is 0.322 e. The first kappa shape index (κ1) is 17.7. The van der Waals surface area contributed by atoms with Crippen LogP contribution < -0.4 is 10.1 Å². The SMILES string of the molecule is CSc1cc(C)c2c(c1)COC1(CCN(C(=O)Nc3cccs3)CC1)O2. The van der Waals surface area contributed by atoms with Crippen molar-refractivity contribution in [2.45, 2.75) is 37.1 Å². The molecule has 1 saturated heterocycles. The molecule has 3 heterocycles. The van der Waals surface area contributed by atoms with Gasteiger partial charge in [-0.05, 0) is 48.4 Å². The number of likely N-dealkylation sites (tertiary alicyclic amines) is 1. The number of anilines is 1. The monoisotopic (exact) mass is 390 g/mol. The molecule has 4 rings (SSSR count). The summed E-state index contributed by atoms with van der Waals surface area (Å²) in [7, 11) is 0. The van der Waals surface area contributed by atoms with Crippen LogP contribution in [0.3, 0.4) is 0 Å². The average molecular weight is 391 g/mol. The Labute approximate surface area is 161 Å². The second-order valence-corrected chi connectivity index (χ2v) is 8.46. The third kappa shape index (κ3) is 3.43. The maximum Gasteiger partial charge on any atom is 0.322 e. The van der Waals surface area contributed by atoms with Gasteiger partial charge in [-0.1, -0.05) is 0 Å². The highest BCUT2D eigenvalue weighted by molar-refractivity contribution is 7.98. The van der Waals surface area contributed by atoms with E-state index in [0.29, 0.717) is 32.5 Å². The van der Waals surface area contributed by atoms with E-state index >= 15 is 0 Å². The van der Waals surface area contributed by atoms with Crippen LogP contribution in [0.15, 0.2) is 34.5 Å². The van der Waals surface area contributed by atoms with E-state index in [1.165, 1.54) is 16.2 Å². The molecule has 1 fully saturated rings. The fraction of sp³-hybridized carbons (Fsp3) is 0.421. The average Bonchev–Trinajstić information content (AvgIpc) is 3.16. The number of hydrogen-bond acceptors (Lipinski definition) is 5. The number of carbonyl (C=O) groups excluding carboxylic acids is 1. The van der Waals surface area contributed by atoms with Crippen LogP contribution in [-0.4, -0.2) is 36.1 Å². The number of hydrogen-bond donors (Lipinski definition) is 1. The van der Waals surface area contributed by atoms with Gasteiger partial charge in [0.15, 0.2) is 0 Å². The summed E-state index contributed by atoms with van der Waals surface area (Å²) in [6.07, 6.45) is 3.42. The summed E-state index contributed by atoms with van der Waals surface area (Å²) in [5, 5.41) is 5.76. The molecule has 2 aromatic rings. The van der Waals surface area contributed by atoms with E-state index < -0.39 is 5.79 Å². The molecular formula is C19H22N2O3S2. The number of amides is 2. The number of benzene rings is 1. The summed E-state index contributed by atoms with van der Waals surface area (Å²) in [5.74, 6) is 0.337. The van der Waals surface area contributed by atoms with Gasteiger partial charge < -0.3 is 14.4 Å². The Balaban J connectivity index is 1.42. The Kier molecular flexibility index (Phi) is 4.86. The van der Waals surface area contributed by atoms with E-state index in [9.17, 15) is 4.79 Å². The number of urea groups is 1. The Morgan fingerprint density at radius 3 is 2.85 bits per heavy atom. The Hall–Kier alpha value is -1.70. The highest BCUT2D eigenvalue weighted by Crippen LogP contribution is 2.41. The quantitative estimate of drug-likeness (QED) is 0.755. The Morgan fingerprint density at radius 2 is 2.15 bits per heavy atom. The van der Waals surface area contributed by atoms with Crippen molar-refractivity contribution in [2.24, 2.45) is 0 Å². The number of piperidine rings is 1. The van der Waals surface area contributed by atoms with Crippen LogP contribution in [0.1, 0.15) is 24.0 Å². The first-order valence-electron chi connectivity index (χ1n) is 8.68. The number of aryl methyl sites for hydroxylation is 1. The van der Waals surface area contributed by atoms with Gasteiger partial charge in [0.2, 0.25) is 5.79 Å². The normalized spacial score (nSPS) is 18.3. The van der Waals surface area contributed by atoms with E-state index in [0.717, 1.165) is 21.9 Å². The molecule has 2 amide bonds. The van der Waals surface area contributed by atoms with Gasteiger partial charge in [-0.15, -0.1) is 23.1 Å². The van der Waals surface area contributed by atoms with Crippen molar-refractivity contribution in [3.05, 3.63) is 40.8 Å². The van der Waals surface area contributed by atoms with Crippen LogP contribution in [0.25, 0.3) is 0 Å². The largest absolute Gasteiger partial charge is 0.462 e. The summed E-state index contributed by atoms with van der Waals surface area (Å²) in [6.45, 7) is 3.89. The van der Waals surface area contributed by atoms with Crippen molar-refractivity contribution in [1.82, 2.24) is 4.90 Å². The third-order valence-corrected chi connectivity index (χ3v) is 6.40. The second kappa shape index (κ2) is 7.13. The number of rotatable bonds is 2. The van der Waals surface area contributed by atoms with Gasteiger partial charge in [-0.2, -0.15) is 0 Å². The first-order chi connectivity index (χ1) is 12.6. The predicted molar refractivity (Wildman–Crippen MR) is 105 cm³/mol. The molecule has 0 atom stereocenters. The Morgan fingerprint density at radius 1 is 1.35 bits per heavy atom. The lowest BCUT2D eigenvalue weighted by Crippen LogP contribution is -2.53. The minimum Gasteiger partial charge on any atom is -0.462 e. The zero-order valence-electron chi connectivity index (χ0n) is 14.9. The number of carbonyl (C=O) groups is 1. The molecule has 0 radical (unpaired) electrons. The first-order valence-corrected chi connectivity index (χ1v) is 10.8. The molecule has 138 valence electrons. The Bertz CT molecular complexity index is 799. The van der Waals surface area contributed by atoms with Crippen molar-refractivity contribution < 1.29 is 14.3 Å². The minimum atomic E-state index is -0.613. The van der Waals surface area contributed by atoms with E-state index in [1.807, 2.05) is 22.4 Å². The van der Waals surface area contributed by atoms with Gasteiger partial charge in [0, 0.05) is 36.4 Å². The highest BCUT2D eigenvalue weighted by Gasteiger charge is 2.42. The lowest BCUT2D eigenvalue weighted by Gasteiger charge is -2.44. The molecule has 1 aromatic carbocycles. The van der Waals surface area contributed by atoms with Crippen molar-refractivity contribution >= 4 is 34.1 Å². The van der Waals surface area contributed by atoms with Crippen LogP contribution in [-0.2, 0) is 11.3 Å². The van der Waals surface area contributed by atoms with Gasteiger partial charge >= 0.3 is 6.03 Å². The fourth-order valence-electron chi connectivity index (χ4n) is 3.44. The van der Waals surface area contributed by atoms with Crippen molar-refractivity contribution in [1.29, 1.82) is 0 Å². The molecule has 5 nitrogen and oxygen atoms in total. The van der Waals surface area contributed by atoms with Crippen LogP contribution in [0, 0.1) is 6.92 Å². The second-order valence-electron chi connectivity index (χ2n) is 6.63. The summed E-state index contributed by atoms with van der Waals surface area (Å²) < 4.78 is 12.5. The summed E-state index contributed by atoms with van der Waals surface area (Å²) in [6, 6.07) is 8.08. The van der Waals surface area contributed by atoms with Crippen molar-refractivity contribution in [3.63, 3.8) is 0 Å². The maximum atomic E-state index is 12.4. The molecule has 2 aliphatic rings. The minimum absolute atomic E-state index is 0.0562. The van der Waals surface area contributed by atoms with Gasteiger partial charge in [0.1, 0.15) is 5.75 Å². The van der Waals surface area contributed by atoms with E-state index in [4.69, 9.17) is 9.47 Å². The van der Waals surface area contributed by atoms with Crippen LogP contribution >= 0.6 is 23.1 Å². The molecule has 1 N–H and O–H groups in total.